The molecule has 0 aliphatic carbocycles. The molecule has 1 amide bonds. The van der Waals surface area contributed by atoms with Crippen LogP contribution in [-0.4, -0.2) is 10.9 Å². The van der Waals surface area contributed by atoms with Gasteiger partial charge in [-0.15, -0.1) is 0 Å². The zero-order valence-electron chi connectivity index (χ0n) is 8.43. The third-order valence-electron chi connectivity index (χ3n) is 2.07. The molecule has 2 rings (SSSR count). The number of carbonyl (C=O) groups excluding carboxylic acids is 1. The van der Waals surface area contributed by atoms with Gasteiger partial charge in [0.15, 0.2) is 0 Å². The van der Waals surface area contributed by atoms with Gasteiger partial charge in [0, 0.05) is 10.7 Å². The Hall–Kier alpha value is -0.970. The minimum absolute atomic E-state index is 0.295. The number of halogens is 3. The molecule has 3 nitrogen and oxygen atoms in total. The molecule has 2 aromatic rings. The average molecular weight is 334 g/mol. The number of amides is 1. The van der Waals surface area contributed by atoms with Gasteiger partial charge < -0.3 is 10.3 Å². The number of aromatic amines is 1. The minimum Gasteiger partial charge on any atom is -0.356 e. The van der Waals surface area contributed by atoms with E-state index in [9.17, 15) is 4.79 Å². The van der Waals surface area contributed by atoms with E-state index in [2.05, 4.69) is 26.2 Å². The maximum atomic E-state index is 11.8. The van der Waals surface area contributed by atoms with Crippen LogP contribution >= 0.6 is 39.1 Å². The summed E-state index contributed by atoms with van der Waals surface area (Å²) in [5, 5.41) is 3.64. The van der Waals surface area contributed by atoms with Crippen LogP contribution in [0.25, 0.3) is 0 Å². The third-order valence-corrected chi connectivity index (χ3v) is 3.11. The van der Waals surface area contributed by atoms with E-state index in [-0.39, 0.29) is 5.91 Å². The lowest BCUT2D eigenvalue weighted by Gasteiger charge is -2.06. The highest BCUT2D eigenvalue weighted by Gasteiger charge is 2.10. The highest BCUT2D eigenvalue weighted by atomic mass is 79.9. The summed E-state index contributed by atoms with van der Waals surface area (Å²) in [6.07, 6.45) is 1.54. The van der Waals surface area contributed by atoms with E-state index < -0.39 is 0 Å². The summed E-state index contributed by atoms with van der Waals surface area (Å²) in [5.74, 6) is -0.295. The number of rotatable bonds is 2. The van der Waals surface area contributed by atoms with Crippen molar-refractivity contribution in [3.05, 3.63) is 50.7 Å². The Morgan fingerprint density at radius 3 is 2.71 bits per heavy atom. The van der Waals surface area contributed by atoms with Crippen LogP contribution in [0, 0.1) is 0 Å². The second-order valence-electron chi connectivity index (χ2n) is 3.31. The maximum absolute atomic E-state index is 11.8. The summed E-state index contributed by atoms with van der Waals surface area (Å²) >= 11 is 15.0. The molecule has 1 aromatic heterocycles. The number of H-pyrrole nitrogens is 1. The standard InChI is InChI=1S/C11H7BrCl2N2O/c12-6-1-2-8(14)9(3-6)16-11(17)10-4-7(13)5-15-10/h1-5,15H,(H,16,17). The molecule has 0 spiro atoms. The zero-order chi connectivity index (χ0) is 12.4. The van der Waals surface area contributed by atoms with E-state index in [0.29, 0.717) is 21.4 Å². The Morgan fingerprint density at radius 2 is 2.06 bits per heavy atom. The summed E-state index contributed by atoms with van der Waals surface area (Å²) in [4.78, 5) is 14.6. The first-order valence-electron chi connectivity index (χ1n) is 4.66. The van der Waals surface area contributed by atoms with Gasteiger partial charge in [-0.1, -0.05) is 39.1 Å². The number of benzene rings is 1. The van der Waals surface area contributed by atoms with E-state index in [1.165, 1.54) is 0 Å². The summed E-state index contributed by atoms with van der Waals surface area (Å²) in [7, 11) is 0. The van der Waals surface area contributed by atoms with Crippen LogP contribution in [0.4, 0.5) is 5.69 Å². The van der Waals surface area contributed by atoms with Crippen molar-refractivity contribution in [1.29, 1.82) is 0 Å². The molecule has 0 unspecified atom stereocenters. The summed E-state index contributed by atoms with van der Waals surface area (Å²) in [6.45, 7) is 0. The molecule has 0 bridgehead atoms. The third kappa shape index (κ3) is 3.03. The van der Waals surface area contributed by atoms with Gasteiger partial charge in [-0.3, -0.25) is 4.79 Å². The van der Waals surface area contributed by atoms with Crippen LogP contribution in [-0.2, 0) is 0 Å². The molecular weight excluding hydrogens is 327 g/mol. The Morgan fingerprint density at radius 1 is 1.29 bits per heavy atom. The minimum atomic E-state index is -0.295. The number of nitrogens with one attached hydrogen (secondary N) is 2. The van der Waals surface area contributed by atoms with Crippen molar-refractivity contribution < 1.29 is 4.79 Å². The van der Waals surface area contributed by atoms with E-state index in [0.717, 1.165) is 4.47 Å². The highest BCUT2D eigenvalue weighted by molar-refractivity contribution is 9.10. The van der Waals surface area contributed by atoms with Gasteiger partial charge in [0.1, 0.15) is 5.69 Å². The lowest BCUT2D eigenvalue weighted by molar-refractivity contribution is 0.102. The Bertz CT molecular complexity index is 568. The Labute approximate surface area is 116 Å². The van der Waals surface area contributed by atoms with Crippen LogP contribution in [0.2, 0.25) is 10.0 Å². The first-order chi connectivity index (χ1) is 8.06. The number of carbonyl (C=O) groups is 1. The van der Waals surface area contributed by atoms with Crippen molar-refractivity contribution in [3.63, 3.8) is 0 Å². The normalized spacial score (nSPS) is 10.3. The van der Waals surface area contributed by atoms with Gasteiger partial charge in [-0.05, 0) is 24.3 Å². The predicted octanol–water partition coefficient (Wildman–Crippen LogP) is 4.34. The molecular formula is C11H7BrCl2N2O. The van der Waals surface area contributed by atoms with Crippen molar-refractivity contribution in [2.75, 3.05) is 5.32 Å². The SMILES string of the molecule is O=C(Nc1cc(Br)ccc1Cl)c1cc(Cl)c[nH]1. The number of aromatic nitrogens is 1. The van der Waals surface area contributed by atoms with Gasteiger partial charge >= 0.3 is 0 Å². The molecule has 0 aliphatic heterocycles. The fraction of sp³-hybridized carbons (Fsp3) is 0. The average Bonchev–Trinajstić information content (AvgIpc) is 2.70. The fourth-order valence-electron chi connectivity index (χ4n) is 1.28. The molecule has 0 aliphatic rings. The molecule has 17 heavy (non-hydrogen) atoms. The van der Waals surface area contributed by atoms with Gasteiger partial charge in [0.2, 0.25) is 0 Å². The summed E-state index contributed by atoms with van der Waals surface area (Å²) in [5.41, 5.74) is 0.919. The molecule has 1 heterocycles. The van der Waals surface area contributed by atoms with Crippen molar-refractivity contribution >= 4 is 50.7 Å². The quantitative estimate of drug-likeness (QED) is 0.843. The molecule has 0 atom stereocenters. The summed E-state index contributed by atoms with van der Waals surface area (Å²) in [6, 6.07) is 6.76. The molecule has 0 radical (unpaired) electrons. The smallest absolute Gasteiger partial charge is 0.272 e. The van der Waals surface area contributed by atoms with E-state index in [4.69, 9.17) is 23.2 Å². The number of hydrogen-bond acceptors (Lipinski definition) is 1. The van der Waals surface area contributed by atoms with Gasteiger partial charge in [0.05, 0.1) is 15.7 Å². The maximum Gasteiger partial charge on any atom is 0.272 e. The summed E-state index contributed by atoms with van der Waals surface area (Å²) < 4.78 is 0.835. The van der Waals surface area contributed by atoms with Crippen molar-refractivity contribution in [3.8, 4) is 0 Å². The van der Waals surface area contributed by atoms with Gasteiger partial charge in [-0.25, -0.2) is 0 Å². The second kappa shape index (κ2) is 5.12. The lowest BCUT2D eigenvalue weighted by atomic mass is 10.3. The molecule has 0 saturated carbocycles. The molecule has 88 valence electrons. The Balaban J connectivity index is 2.21. The van der Waals surface area contributed by atoms with Crippen molar-refractivity contribution in [2.24, 2.45) is 0 Å². The van der Waals surface area contributed by atoms with E-state index >= 15 is 0 Å². The molecule has 0 fully saturated rings. The zero-order valence-corrected chi connectivity index (χ0v) is 11.5. The van der Waals surface area contributed by atoms with Crippen LogP contribution < -0.4 is 5.32 Å². The molecule has 0 saturated heterocycles. The predicted molar refractivity (Wildman–Crippen MR) is 72.9 cm³/mol. The molecule has 6 heteroatoms. The van der Waals surface area contributed by atoms with Crippen LogP contribution in [0.1, 0.15) is 10.5 Å². The topological polar surface area (TPSA) is 44.9 Å². The van der Waals surface area contributed by atoms with E-state index in [1.54, 1.807) is 30.5 Å². The van der Waals surface area contributed by atoms with Crippen molar-refractivity contribution in [2.45, 2.75) is 0 Å². The number of anilines is 1. The lowest BCUT2D eigenvalue weighted by Crippen LogP contribution is -2.12. The van der Waals surface area contributed by atoms with Crippen LogP contribution in [0.3, 0.4) is 0 Å². The molecule has 2 N–H and O–H groups in total. The number of hydrogen-bond donors (Lipinski definition) is 2. The Kier molecular flexibility index (Phi) is 3.76. The first-order valence-corrected chi connectivity index (χ1v) is 6.21. The first kappa shape index (κ1) is 12.5. The highest BCUT2D eigenvalue weighted by Crippen LogP contribution is 2.26. The monoisotopic (exact) mass is 332 g/mol. The second-order valence-corrected chi connectivity index (χ2v) is 5.07. The van der Waals surface area contributed by atoms with Gasteiger partial charge in [0.25, 0.3) is 5.91 Å². The van der Waals surface area contributed by atoms with Crippen molar-refractivity contribution in [1.82, 2.24) is 4.98 Å². The largest absolute Gasteiger partial charge is 0.356 e. The molecule has 1 aromatic carbocycles. The van der Waals surface area contributed by atoms with Crippen LogP contribution in [0.15, 0.2) is 34.9 Å². The van der Waals surface area contributed by atoms with Gasteiger partial charge in [-0.2, -0.15) is 0 Å². The fourth-order valence-corrected chi connectivity index (χ4v) is 1.97. The van der Waals surface area contributed by atoms with E-state index in [1.807, 2.05) is 0 Å². The van der Waals surface area contributed by atoms with Crippen LogP contribution in [0.5, 0.6) is 0 Å².